The molecule has 1 aromatic carbocycles. The summed E-state index contributed by atoms with van der Waals surface area (Å²) in [5.74, 6) is -0.265. The van der Waals surface area contributed by atoms with Gasteiger partial charge < -0.3 is 4.74 Å². The number of methoxy groups -OCH3 is 1. The van der Waals surface area contributed by atoms with Gasteiger partial charge in [0.2, 0.25) is 0 Å². The summed E-state index contributed by atoms with van der Waals surface area (Å²) in [4.78, 5) is 11.4. The van der Waals surface area contributed by atoms with E-state index in [-0.39, 0.29) is 11.4 Å². The Kier molecular flexibility index (Phi) is 3.29. The molecule has 0 amide bonds. The molecule has 2 nitrogen and oxygen atoms in total. The van der Waals surface area contributed by atoms with Gasteiger partial charge in [-0.3, -0.25) is 0 Å². The Morgan fingerprint density at radius 3 is 2.61 bits per heavy atom. The molecule has 0 fully saturated rings. The van der Waals surface area contributed by atoms with Gasteiger partial charge in [0.1, 0.15) is 0 Å². The third kappa shape index (κ3) is 2.47. The molecule has 1 aliphatic rings. The molecule has 2 heteroatoms. The van der Waals surface area contributed by atoms with Gasteiger partial charge >= 0.3 is 5.97 Å². The van der Waals surface area contributed by atoms with Crippen molar-refractivity contribution >= 4 is 11.5 Å². The highest BCUT2D eigenvalue weighted by molar-refractivity contribution is 5.92. The van der Waals surface area contributed by atoms with E-state index in [0.717, 1.165) is 18.4 Å². The number of allylic oxidation sites excluding steroid dienone is 1. The second-order valence-electron chi connectivity index (χ2n) is 5.81. The van der Waals surface area contributed by atoms with Crippen molar-refractivity contribution in [2.45, 2.75) is 39.0 Å². The van der Waals surface area contributed by atoms with Crippen molar-refractivity contribution in [1.82, 2.24) is 0 Å². The van der Waals surface area contributed by atoms with Crippen molar-refractivity contribution < 1.29 is 9.53 Å². The number of hydrogen-bond donors (Lipinski definition) is 0. The topological polar surface area (TPSA) is 26.3 Å². The maximum Gasteiger partial charge on any atom is 0.330 e. The molecule has 0 saturated carbocycles. The number of hydrogen-bond acceptors (Lipinski definition) is 2. The van der Waals surface area contributed by atoms with Gasteiger partial charge in [0.15, 0.2) is 0 Å². The molecule has 0 unspecified atom stereocenters. The number of esters is 1. The van der Waals surface area contributed by atoms with Gasteiger partial charge in [-0.05, 0) is 40.5 Å². The molecular formula is C16H20O2. The van der Waals surface area contributed by atoms with Crippen LogP contribution in [0.2, 0.25) is 0 Å². The molecule has 0 N–H and O–H groups in total. The Morgan fingerprint density at radius 1 is 1.28 bits per heavy atom. The second-order valence-corrected chi connectivity index (χ2v) is 5.81. The Hall–Kier alpha value is -1.57. The molecule has 1 aromatic rings. The summed E-state index contributed by atoms with van der Waals surface area (Å²) >= 11 is 0. The second kappa shape index (κ2) is 4.60. The van der Waals surface area contributed by atoms with Gasteiger partial charge in [0.05, 0.1) is 7.11 Å². The van der Waals surface area contributed by atoms with Crippen LogP contribution in [0.4, 0.5) is 0 Å². The monoisotopic (exact) mass is 244 g/mol. The molecule has 0 heterocycles. The van der Waals surface area contributed by atoms with E-state index in [9.17, 15) is 4.79 Å². The third-order valence-corrected chi connectivity index (χ3v) is 3.48. The molecule has 0 aromatic heterocycles. The molecule has 2 rings (SSSR count). The summed E-state index contributed by atoms with van der Waals surface area (Å²) in [6, 6.07) is 6.60. The van der Waals surface area contributed by atoms with Crippen LogP contribution in [0.3, 0.4) is 0 Å². The minimum absolute atomic E-state index is 0.133. The number of aryl methyl sites for hydroxylation is 1. The average Bonchev–Trinajstić information content (AvgIpc) is 2.70. The van der Waals surface area contributed by atoms with Crippen LogP contribution in [0.1, 0.15) is 43.9 Å². The van der Waals surface area contributed by atoms with Crippen molar-refractivity contribution in [2.75, 3.05) is 7.11 Å². The van der Waals surface area contributed by atoms with Crippen molar-refractivity contribution in [3.63, 3.8) is 0 Å². The van der Waals surface area contributed by atoms with Crippen molar-refractivity contribution in [2.24, 2.45) is 0 Å². The molecular weight excluding hydrogens is 224 g/mol. The maximum atomic E-state index is 11.4. The lowest BCUT2D eigenvalue weighted by atomic mass is 9.85. The van der Waals surface area contributed by atoms with Gasteiger partial charge in [0.25, 0.3) is 0 Å². The van der Waals surface area contributed by atoms with Crippen molar-refractivity contribution in [1.29, 1.82) is 0 Å². The van der Waals surface area contributed by atoms with Crippen LogP contribution in [0.15, 0.2) is 24.3 Å². The largest absolute Gasteiger partial charge is 0.466 e. The Labute approximate surface area is 109 Å². The molecule has 0 spiro atoms. The van der Waals surface area contributed by atoms with E-state index in [2.05, 4.69) is 39.0 Å². The third-order valence-electron chi connectivity index (χ3n) is 3.48. The highest BCUT2D eigenvalue weighted by Crippen LogP contribution is 2.35. The van der Waals surface area contributed by atoms with Crippen LogP contribution < -0.4 is 0 Å². The smallest absolute Gasteiger partial charge is 0.330 e. The van der Waals surface area contributed by atoms with Gasteiger partial charge in [-0.25, -0.2) is 4.79 Å². The van der Waals surface area contributed by atoms with Crippen LogP contribution in [0, 0.1) is 0 Å². The van der Waals surface area contributed by atoms with Crippen molar-refractivity contribution in [3.05, 3.63) is 41.0 Å². The first-order valence-electron chi connectivity index (χ1n) is 6.34. The van der Waals surface area contributed by atoms with E-state index >= 15 is 0 Å². The fourth-order valence-electron chi connectivity index (χ4n) is 2.32. The summed E-state index contributed by atoms with van der Waals surface area (Å²) < 4.78 is 4.71. The number of carbonyl (C=O) groups excluding carboxylic acids is 1. The summed E-state index contributed by atoms with van der Waals surface area (Å²) in [5, 5.41) is 0. The van der Waals surface area contributed by atoms with E-state index in [1.807, 2.05) is 0 Å². The first kappa shape index (κ1) is 12.9. The highest BCUT2D eigenvalue weighted by atomic mass is 16.5. The summed E-state index contributed by atoms with van der Waals surface area (Å²) in [5.41, 5.74) is 5.08. The zero-order valence-electron chi connectivity index (χ0n) is 11.5. The summed E-state index contributed by atoms with van der Waals surface area (Å²) in [6.45, 7) is 6.61. The molecule has 0 aliphatic heterocycles. The molecule has 18 heavy (non-hydrogen) atoms. The lowest BCUT2D eigenvalue weighted by molar-refractivity contribution is -0.134. The Balaban J connectivity index is 2.43. The number of carbonyl (C=O) groups is 1. The zero-order chi connectivity index (χ0) is 13.3. The maximum absolute atomic E-state index is 11.4. The molecule has 0 bridgehead atoms. The van der Waals surface area contributed by atoms with E-state index in [4.69, 9.17) is 4.74 Å². The van der Waals surface area contributed by atoms with E-state index < -0.39 is 0 Å². The highest BCUT2D eigenvalue weighted by Gasteiger charge is 2.21. The number of rotatable bonds is 1. The minimum atomic E-state index is -0.265. The van der Waals surface area contributed by atoms with Gasteiger partial charge in [-0.2, -0.15) is 0 Å². The van der Waals surface area contributed by atoms with E-state index in [1.165, 1.54) is 23.8 Å². The van der Waals surface area contributed by atoms with Crippen molar-refractivity contribution in [3.8, 4) is 0 Å². The molecule has 0 radical (unpaired) electrons. The first-order chi connectivity index (χ1) is 8.41. The Morgan fingerprint density at radius 2 is 2.00 bits per heavy atom. The number of fused-ring (bicyclic) bond motifs is 1. The van der Waals surface area contributed by atoms with Gasteiger partial charge in [-0.15, -0.1) is 0 Å². The van der Waals surface area contributed by atoms with Crippen LogP contribution in [-0.4, -0.2) is 13.1 Å². The standard InChI is InChI=1S/C16H20O2/c1-16(2,3)13-8-7-11-5-6-12(14(11)10-13)9-15(17)18-4/h7-10H,5-6H2,1-4H3/b12-9-. The van der Waals surface area contributed by atoms with E-state index in [1.54, 1.807) is 6.08 Å². The predicted octanol–water partition coefficient (Wildman–Crippen LogP) is 3.49. The van der Waals surface area contributed by atoms with Crippen LogP contribution in [0.5, 0.6) is 0 Å². The SMILES string of the molecule is COC(=O)/C=C1/CCc2ccc(C(C)(C)C)cc21. The van der Waals surface area contributed by atoms with E-state index in [0.29, 0.717) is 0 Å². The first-order valence-corrected chi connectivity index (χ1v) is 6.34. The fourth-order valence-corrected chi connectivity index (χ4v) is 2.32. The Bertz CT molecular complexity index is 504. The quantitative estimate of drug-likeness (QED) is 0.558. The molecule has 96 valence electrons. The van der Waals surface area contributed by atoms with Crippen LogP contribution in [-0.2, 0) is 21.4 Å². The summed E-state index contributed by atoms with van der Waals surface area (Å²) in [7, 11) is 1.42. The number of ether oxygens (including phenoxy) is 1. The molecule has 1 aliphatic carbocycles. The lowest BCUT2D eigenvalue weighted by Crippen LogP contribution is -2.11. The summed E-state index contributed by atoms with van der Waals surface area (Å²) in [6.07, 6.45) is 3.57. The van der Waals surface area contributed by atoms with Crippen LogP contribution in [0.25, 0.3) is 5.57 Å². The molecule has 0 saturated heterocycles. The van der Waals surface area contributed by atoms with Gasteiger partial charge in [0, 0.05) is 6.08 Å². The zero-order valence-corrected chi connectivity index (χ0v) is 11.5. The lowest BCUT2D eigenvalue weighted by Gasteiger charge is -2.20. The van der Waals surface area contributed by atoms with Crippen LogP contribution >= 0.6 is 0 Å². The normalized spacial score (nSPS) is 16.8. The van der Waals surface area contributed by atoms with Gasteiger partial charge in [-0.1, -0.05) is 39.0 Å². The molecule has 0 atom stereocenters. The average molecular weight is 244 g/mol. The number of benzene rings is 1. The fraction of sp³-hybridized carbons (Fsp3) is 0.438. The predicted molar refractivity (Wildman–Crippen MR) is 73.5 cm³/mol. The minimum Gasteiger partial charge on any atom is -0.466 e.